The molecule has 1 amide bonds. The van der Waals surface area contributed by atoms with Gasteiger partial charge in [0.05, 0.1) is 7.11 Å². The van der Waals surface area contributed by atoms with E-state index < -0.39 is 10.4 Å². The highest BCUT2D eigenvalue weighted by atomic mass is 32.3. The van der Waals surface area contributed by atoms with Gasteiger partial charge in [-0.15, -0.1) is 0 Å². The zero-order valence-electron chi connectivity index (χ0n) is 17.1. The molecule has 0 radical (unpaired) electrons. The van der Waals surface area contributed by atoms with Crippen LogP contribution < -0.4 is 5.32 Å². The van der Waals surface area contributed by atoms with Crippen molar-refractivity contribution in [2.75, 3.05) is 34.3 Å². The first-order valence-corrected chi connectivity index (χ1v) is 11.0. The minimum Gasteiger partial charge on any atom is -0.356 e. The van der Waals surface area contributed by atoms with Gasteiger partial charge in [0.2, 0.25) is 5.91 Å². The summed E-state index contributed by atoms with van der Waals surface area (Å²) in [5.41, 5.74) is 0. The van der Waals surface area contributed by atoms with Gasteiger partial charge in [-0.3, -0.25) is 13.5 Å². The monoisotopic (exact) mass is 396 g/mol. The third-order valence-corrected chi connectivity index (χ3v) is 4.24. The van der Waals surface area contributed by atoms with Crippen LogP contribution in [0.2, 0.25) is 0 Å². The molecule has 2 N–H and O–H groups in total. The summed E-state index contributed by atoms with van der Waals surface area (Å²) in [7, 11) is 0.828. The molecule has 0 heterocycles. The Balaban J connectivity index is 0. The van der Waals surface area contributed by atoms with Crippen LogP contribution in [0.5, 0.6) is 0 Å². The Labute approximate surface area is 160 Å². The largest absolute Gasteiger partial charge is 0.397 e. The minimum absolute atomic E-state index is 0.228. The maximum Gasteiger partial charge on any atom is 0.397 e. The molecule has 0 aromatic carbocycles. The van der Waals surface area contributed by atoms with Gasteiger partial charge in [0.1, 0.15) is 0 Å². The lowest BCUT2D eigenvalue weighted by Crippen LogP contribution is -2.26. The van der Waals surface area contributed by atoms with Crippen molar-refractivity contribution >= 4 is 16.3 Å². The van der Waals surface area contributed by atoms with Gasteiger partial charge in [-0.25, -0.2) is 0 Å². The average molecular weight is 397 g/mol. The summed E-state index contributed by atoms with van der Waals surface area (Å²) in [4.78, 5) is 13.7. The molecule has 7 nitrogen and oxygen atoms in total. The predicted octanol–water partition coefficient (Wildman–Crippen LogP) is 3.41. The second-order valence-corrected chi connectivity index (χ2v) is 7.87. The third-order valence-electron chi connectivity index (χ3n) is 3.82. The summed E-state index contributed by atoms with van der Waals surface area (Å²) in [6.45, 7) is 4.11. The summed E-state index contributed by atoms with van der Waals surface area (Å²) >= 11 is 0. The SMILES string of the molecule is CCCCCCCCCCCC(=O)NCCCN(C)C.COS(=O)(=O)O. The van der Waals surface area contributed by atoms with Crippen molar-refractivity contribution < 1.29 is 21.9 Å². The van der Waals surface area contributed by atoms with Gasteiger partial charge in [-0.05, 0) is 33.5 Å². The Hall–Kier alpha value is -0.700. The number of rotatable bonds is 15. The first-order chi connectivity index (χ1) is 12.2. The van der Waals surface area contributed by atoms with Gasteiger partial charge in [0.25, 0.3) is 0 Å². The fourth-order valence-electron chi connectivity index (χ4n) is 2.31. The molecule has 0 bridgehead atoms. The maximum absolute atomic E-state index is 11.6. The molecule has 0 fully saturated rings. The van der Waals surface area contributed by atoms with E-state index in [0.29, 0.717) is 6.42 Å². The highest BCUT2D eigenvalue weighted by Crippen LogP contribution is 2.10. The fraction of sp³-hybridized carbons (Fsp3) is 0.944. The zero-order valence-corrected chi connectivity index (χ0v) is 17.9. The van der Waals surface area contributed by atoms with Gasteiger partial charge >= 0.3 is 10.4 Å². The standard InChI is InChI=1S/C17H36N2O.CH4O4S/c1-4-5-6-7-8-9-10-11-12-14-17(20)18-15-13-16-19(2)3;1-5-6(2,3)4/h4-16H2,1-3H3,(H,18,20);1H3,(H,2,3,4). The third kappa shape index (κ3) is 28.1. The Morgan fingerprint density at radius 2 is 1.42 bits per heavy atom. The van der Waals surface area contributed by atoms with Gasteiger partial charge in [0.15, 0.2) is 0 Å². The molecular formula is C18H40N2O5S. The summed E-state index contributed by atoms with van der Waals surface area (Å²) in [5, 5.41) is 3.00. The normalized spacial score (nSPS) is 11.2. The van der Waals surface area contributed by atoms with Gasteiger partial charge in [-0.1, -0.05) is 58.3 Å². The second-order valence-electron chi connectivity index (χ2n) is 6.68. The van der Waals surface area contributed by atoms with Crippen LogP contribution in [-0.2, 0) is 19.4 Å². The Morgan fingerprint density at radius 3 is 1.85 bits per heavy atom. The first kappa shape index (κ1) is 27.5. The minimum atomic E-state index is -4.16. The number of nitrogens with zero attached hydrogens (tertiary/aromatic N) is 1. The molecule has 0 atom stereocenters. The van der Waals surface area contributed by atoms with E-state index in [1.54, 1.807) is 0 Å². The lowest BCUT2D eigenvalue weighted by atomic mass is 10.1. The van der Waals surface area contributed by atoms with E-state index in [2.05, 4.69) is 35.4 Å². The van der Waals surface area contributed by atoms with Crippen LogP contribution in [0.15, 0.2) is 0 Å². The molecule has 8 heteroatoms. The Bertz CT molecular complexity index is 414. The van der Waals surface area contributed by atoms with Crippen LogP contribution in [0.25, 0.3) is 0 Å². The molecule has 26 heavy (non-hydrogen) atoms. The van der Waals surface area contributed by atoms with Crippen molar-refractivity contribution in [1.29, 1.82) is 0 Å². The highest BCUT2D eigenvalue weighted by molar-refractivity contribution is 7.80. The van der Waals surface area contributed by atoms with Crippen molar-refractivity contribution in [2.24, 2.45) is 0 Å². The molecule has 0 aliphatic carbocycles. The van der Waals surface area contributed by atoms with Crippen molar-refractivity contribution in [1.82, 2.24) is 10.2 Å². The van der Waals surface area contributed by atoms with Crippen LogP contribution in [0.3, 0.4) is 0 Å². The van der Waals surface area contributed by atoms with Gasteiger partial charge in [0, 0.05) is 13.0 Å². The molecule has 0 aliphatic rings. The quantitative estimate of drug-likeness (QED) is 0.325. The number of carbonyl (C=O) groups is 1. The number of unbranched alkanes of at least 4 members (excludes halogenated alkanes) is 8. The zero-order chi connectivity index (χ0) is 20.3. The van der Waals surface area contributed by atoms with E-state index >= 15 is 0 Å². The van der Waals surface area contributed by atoms with Crippen molar-refractivity contribution in [3.05, 3.63) is 0 Å². The summed E-state index contributed by atoms with van der Waals surface area (Å²) in [6.07, 6.45) is 13.5. The van der Waals surface area contributed by atoms with E-state index in [0.717, 1.165) is 33.0 Å². The molecule has 0 spiro atoms. The van der Waals surface area contributed by atoms with Gasteiger partial charge in [-0.2, -0.15) is 8.42 Å². The number of hydrogen-bond donors (Lipinski definition) is 2. The van der Waals surface area contributed by atoms with Crippen LogP contribution in [-0.4, -0.2) is 58.1 Å². The molecule has 0 saturated heterocycles. The molecule has 158 valence electrons. The molecule has 0 unspecified atom stereocenters. The number of amides is 1. The highest BCUT2D eigenvalue weighted by Gasteiger charge is 2.00. The topological polar surface area (TPSA) is 95.9 Å². The second kappa shape index (κ2) is 19.1. The van der Waals surface area contributed by atoms with E-state index in [-0.39, 0.29) is 5.91 Å². The average Bonchev–Trinajstić information content (AvgIpc) is 2.57. The molecule has 0 aromatic rings. The fourth-order valence-corrected chi connectivity index (χ4v) is 2.31. The van der Waals surface area contributed by atoms with Crippen LogP contribution in [0.1, 0.15) is 77.6 Å². The number of carbonyl (C=O) groups excluding carboxylic acids is 1. The summed E-state index contributed by atoms with van der Waals surface area (Å²) in [5.74, 6) is 0.228. The summed E-state index contributed by atoms with van der Waals surface area (Å²) in [6, 6.07) is 0. The molecule has 0 saturated carbocycles. The maximum atomic E-state index is 11.6. The Kier molecular flexibility index (Phi) is 20.2. The predicted molar refractivity (Wildman–Crippen MR) is 107 cm³/mol. The smallest absolute Gasteiger partial charge is 0.356 e. The van der Waals surface area contributed by atoms with E-state index in [4.69, 9.17) is 4.55 Å². The van der Waals surface area contributed by atoms with Gasteiger partial charge < -0.3 is 10.2 Å². The molecule has 0 rings (SSSR count). The van der Waals surface area contributed by atoms with E-state index in [9.17, 15) is 13.2 Å². The number of hydrogen-bond acceptors (Lipinski definition) is 5. The van der Waals surface area contributed by atoms with Crippen molar-refractivity contribution in [3.8, 4) is 0 Å². The van der Waals surface area contributed by atoms with Crippen LogP contribution in [0.4, 0.5) is 0 Å². The van der Waals surface area contributed by atoms with Crippen molar-refractivity contribution in [3.63, 3.8) is 0 Å². The molecule has 0 aliphatic heterocycles. The molecular weight excluding hydrogens is 356 g/mol. The first-order valence-electron chi connectivity index (χ1n) is 9.67. The lowest BCUT2D eigenvalue weighted by Gasteiger charge is -2.09. The van der Waals surface area contributed by atoms with Crippen molar-refractivity contribution in [2.45, 2.75) is 77.6 Å². The van der Waals surface area contributed by atoms with Crippen LogP contribution in [0, 0.1) is 0 Å². The van der Waals surface area contributed by atoms with E-state index in [1.165, 1.54) is 51.4 Å². The summed E-state index contributed by atoms with van der Waals surface area (Å²) < 4.78 is 29.7. The lowest BCUT2D eigenvalue weighted by molar-refractivity contribution is -0.121. The number of nitrogens with one attached hydrogen (secondary N) is 1. The Morgan fingerprint density at radius 1 is 0.962 bits per heavy atom. The molecule has 0 aromatic heterocycles. The van der Waals surface area contributed by atoms with E-state index in [1.807, 2.05) is 0 Å². The van der Waals surface area contributed by atoms with Crippen LogP contribution >= 0.6 is 0 Å².